The van der Waals surface area contributed by atoms with Crippen LogP contribution in [-0.2, 0) is 11.8 Å². The fourth-order valence-corrected chi connectivity index (χ4v) is 4.10. The lowest BCUT2D eigenvalue weighted by atomic mass is 10.2. The molecule has 2 aromatic heterocycles. The molecule has 0 atom stereocenters. The van der Waals surface area contributed by atoms with E-state index in [2.05, 4.69) is 20.1 Å². The Labute approximate surface area is 173 Å². The molecule has 0 saturated carbocycles. The van der Waals surface area contributed by atoms with Gasteiger partial charge in [-0.2, -0.15) is 0 Å². The van der Waals surface area contributed by atoms with Crippen LogP contribution >= 0.6 is 11.8 Å². The predicted molar refractivity (Wildman–Crippen MR) is 112 cm³/mol. The summed E-state index contributed by atoms with van der Waals surface area (Å²) >= 11 is 1.40. The third-order valence-electron chi connectivity index (χ3n) is 4.95. The highest BCUT2D eigenvalue weighted by atomic mass is 32.2. The maximum Gasteiger partial charge on any atom is 0.233 e. The van der Waals surface area contributed by atoms with Gasteiger partial charge in [0.25, 0.3) is 0 Å². The largest absolute Gasteiger partial charge is 0.508 e. The van der Waals surface area contributed by atoms with Crippen molar-refractivity contribution < 1.29 is 9.90 Å². The summed E-state index contributed by atoms with van der Waals surface area (Å²) < 4.78 is 1.90. The summed E-state index contributed by atoms with van der Waals surface area (Å²) in [7, 11) is 1.90. The molecule has 1 aliphatic heterocycles. The first-order valence-electron chi connectivity index (χ1n) is 9.36. The number of aromatic hydroxyl groups is 1. The van der Waals surface area contributed by atoms with E-state index in [4.69, 9.17) is 0 Å². The number of carbonyl (C=O) groups excluding carboxylic acids is 1. The van der Waals surface area contributed by atoms with E-state index < -0.39 is 0 Å². The van der Waals surface area contributed by atoms with Crippen LogP contribution in [0.15, 0.2) is 53.9 Å². The average Bonchev–Trinajstić information content (AvgIpc) is 3.13. The SMILES string of the molecule is Cn1c(SCC(=O)N2CCN(c3ccc(O)cc3)CC2)nnc1-c1ccncc1. The van der Waals surface area contributed by atoms with Crippen molar-refractivity contribution in [1.29, 1.82) is 0 Å². The number of piperazine rings is 1. The molecule has 1 fully saturated rings. The van der Waals surface area contributed by atoms with E-state index >= 15 is 0 Å². The zero-order valence-electron chi connectivity index (χ0n) is 16.1. The van der Waals surface area contributed by atoms with Gasteiger partial charge in [0.15, 0.2) is 11.0 Å². The van der Waals surface area contributed by atoms with Crippen molar-refractivity contribution in [2.75, 3.05) is 36.8 Å². The van der Waals surface area contributed by atoms with Crippen LogP contribution in [0.2, 0.25) is 0 Å². The number of thioether (sulfide) groups is 1. The number of hydrogen-bond donors (Lipinski definition) is 1. The van der Waals surface area contributed by atoms with E-state index in [0.717, 1.165) is 30.2 Å². The number of anilines is 1. The molecule has 150 valence electrons. The highest BCUT2D eigenvalue weighted by Gasteiger charge is 2.22. The summed E-state index contributed by atoms with van der Waals surface area (Å²) in [5, 5.41) is 18.6. The molecule has 1 saturated heterocycles. The fourth-order valence-electron chi connectivity index (χ4n) is 3.29. The normalized spacial score (nSPS) is 14.2. The van der Waals surface area contributed by atoms with Gasteiger partial charge in [0, 0.05) is 56.9 Å². The zero-order chi connectivity index (χ0) is 20.2. The number of phenolic OH excluding ortho intramolecular Hbond substituents is 1. The van der Waals surface area contributed by atoms with Gasteiger partial charge < -0.3 is 19.5 Å². The van der Waals surface area contributed by atoms with Crippen molar-refractivity contribution in [3.8, 4) is 17.1 Å². The van der Waals surface area contributed by atoms with Crippen LogP contribution in [0, 0.1) is 0 Å². The Bertz CT molecular complexity index is 968. The summed E-state index contributed by atoms with van der Waals surface area (Å²) in [5.74, 6) is 1.45. The number of pyridine rings is 1. The molecule has 1 aliphatic rings. The molecule has 0 spiro atoms. The number of aromatic nitrogens is 4. The van der Waals surface area contributed by atoms with Crippen LogP contribution in [-0.4, -0.2) is 67.6 Å². The van der Waals surface area contributed by atoms with E-state index in [1.54, 1.807) is 24.5 Å². The average molecular weight is 411 g/mol. The summed E-state index contributed by atoms with van der Waals surface area (Å²) in [6, 6.07) is 10.9. The van der Waals surface area contributed by atoms with Gasteiger partial charge in [-0.25, -0.2) is 0 Å². The number of rotatable bonds is 5. The summed E-state index contributed by atoms with van der Waals surface area (Å²) in [5.41, 5.74) is 2.01. The van der Waals surface area contributed by atoms with Crippen LogP contribution < -0.4 is 4.90 Å². The molecule has 4 rings (SSSR count). The quantitative estimate of drug-likeness (QED) is 0.644. The molecular formula is C20H22N6O2S. The van der Waals surface area contributed by atoms with Gasteiger partial charge in [0.2, 0.25) is 5.91 Å². The second-order valence-corrected chi connectivity index (χ2v) is 7.72. The first-order valence-corrected chi connectivity index (χ1v) is 10.3. The first-order chi connectivity index (χ1) is 14.1. The standard InChI is InChI=1S/C20H22N6O2S/c1-24-19(15-6-8-21-9-7-15)22-23-20(24)29-14-18(28)26-12-10-25(11-13-26)16-2-4-17(27)5-3-16/h2-9,27H,10-14H2,1H3. The maximum atomic E-state index is 12.6. The molecule has 0 aliphatic carbocycles. The maximum absolute atomic E-state index is 12.6. The van der Waals surface area contributed by atoms with E-state index in [1.807, 2.05) is 40.8 Å². The minimum Gasteiger partial charge on any atom is -0.508 e. The Morgan fingerprint density at radius 2 is 1.72 bits per heavy atom. The third-order valence-corrected chi connectivity index (χ3v) is 5.95. The number of phenols is 1. The number of hydrogen-bond acceptors (Lipinski definition) is 7. The highest BCUT2D eigenvalue weighted by Crippen LogP contribution is 2.23. The number of nitrogens with zero attached hydrogens (tertiary/aromatic N) is 6. The molecule has 9 heteroatoms. The molecule has 29 heavy (non-hydrogen) atoms. The molecule has 0 unspecified atom stereocenters. The van der Waals surface area contributed by atoms with Gasteiger partial charge in [-0.15, -0.1) is 10.2 Å². The monoisotopic (exact) mass is 410 g/mol. The first kappa shape index (κ1) is 19.3. The van der Waals surface area contributed by atoms with E-state index in [0.29, 0.717) is 24.0 Å². The molecular weight excluding hydrogens is 388 g/mol. The lowest BCUT2D eigenvalue weighted by molar-refractivity contribution is -0.128. The number of amides is 1. The van der Waals surface area contributed by atoms with Crippen LogP contribution in [0.1, 0.15) is 0 Å². The van der Waals surface area contributed by atoms with Crippen LogP contribution in [0.5, 0.6) is 5.75 Å². The van der Waals surface area contributed by atoms with Crippen LogP contribution in [0.4, 0.5) is 5.69 Å². The predicted octanol–water partition coefficient (Wildman–Crippen LogP) is 2.02. The number of benzene rings is 1. The van der Waals surface area contributed by atoms with Crippen molar-refractivity contribution in [3.63, 3.8) is 0 Å². The topological polar surface area (TPSA) is 87.4 Å². The Morgan fingerprint density at radius 3 is 2.41 bits per heavy atom. The Morgan fingerprint density at radius 1 is 1.03 bits per heavy atom. The zero-order valence-corrected chi connectivity index (χ0v) is 16.9. The molecule has 0 radical (unpaired) electrons. The smallest absolute Gasteiger partial charge is 0.233 e. The summed E-state index contributed by atoms with van der Waals surface area (Å²) in [6.07, 6.45) is 3.44. The Kier molecular flexibility index (Phi) is 5.66. The van der Waals surface area contributed by atoms with Gasteiger partial charge in [0.05, 0.1) is 5.75 Å². The lowest BCUT2D eigenvalue weighted by Gasteiger charge is -2.36. The van der Waals surface area contributed by atoms with E-state index in [1.165, 1.54) is 11.8 Å². The lowest BCUT2D eigenvalue weighted by Crippen LogP contribution is -2.49. The second-order valence-electron chi connectivity index (χ2n) is 6.77. The summed E-state index contributed by atoms with van der Waals surface area (Å²) in [6.45, 7) is 2.91. The van der Waals surface area contributed by atoms with Crippen molar-refractivity contribution in [2.45, 2.75) is 5.16 Å². The van der Waals surface area contributed by atoms with Gasteiger partial charge >= 0.3 is 0 Å². The van der Waals surface area contributed by atoms with Crippen molar-refractivity contribution >= 4 is 23.4 Å². The molecule has 1 aromatic carbocycles. The minimum absolute atomic E-state index is 0.105. The molecule has 1 amide bonds. The van der Waals surface area contributed by atoms with Gasteiger partial charge in [-0.05, 0) is 36.4 Å². The van der Waals surface area contributed by atoms with E-state index in [-0.39, 0.29) is 11.7 Å². The fraction of sp³-hybridized carbons (Fsp3) is 0.300. The van der Waals surface area contributed by atoms with Crippen LogP contribution in [0.25, 0.3) is 11.4 Å². The number of carbonyl (C=O) groups is 1. The van der Waals surface area contributed by atoms with Crippen molar-refractivity contribution in [3.05, 3.63) is 48.8 Å². The minimum atomic E-state index is 0.105. The van der Waals surface area contributed by atoms with Crippen LogP contribution in [0.3, 0.4) is 0 Å². The molecule has 3 heterocycles. The van der Waals surface area contributed by atoms with Gasteiger partial charge in [-0.3, -0.25) is 9.78 Å². The second kappa shape index (κ2) is 8.52. The molecule has 1 N–H and O–H groups in total. The molecule has 3 aromatic rings. The Hall–Kier alpha value is -3.07. The highest BCUT2D eigenvalue weighted by molar-refractivity contribution is 7.99. The van der Waals surface area contributed by atoms with E-state index in [9.17, 15) is 9.90 Å². The van der Waals surface area contributed by atoms with Gasteiger partial charge in [0.1, 0.15) is 5.75 Å². The molecule has 0 bridgehead atoms. The van der Waals surface area contributed by atoms with Crippen molar-refractivity contribution in [1.82, 2.24) is 24.6 Å². The Balaban J connectivity index is 1.31. The summed E-state index contributed by atoms with van der Waals surface area (Å²) in [4.78, 5) is 20.8. The third kappa shape index (κ3) is 4.34. The van der Waals surface area contributed by atoms with Gasteiger partial charge in [-0.1, -0.05) is 11.8 Å². The van der Waals surface area contributed by atoms with Crippen molar-refractivity contribution in [2.24, 2.45) is 7.05 Å². The molecule has 8 nitrogen and oxygen atoms in total.